The fourth-order valence-corrected chi connectivity index (χ4v) is 3.05. The number of hydrogen-bond donors (Lipinski definition) is 1. The van der Waals surface area contributed by atoms with Crippen LogP contribution in [0.3, 0.4) is 0 Å². The number of aryl methyl sites for hydroxylation is 2. The highest BCUT2D eigenvalue weighted by Gasteiger charge is 2.13. The van der Waals surface area contributed by atoms with Crippen LogP contribution in [-0.4, -0.2) is 14.1 Å². The van der Waals surface area contributed by atoms with Gasteiger partial charge in [-0.3, -0.25) is 0 Å². The number of anilines is 2. The molecule has 2 rings (SSSR count). The van der Waals surface area contributed by atoms with Gasteiger partial charge in [-0.1, -0.05) is 41.4 Å². The van der Waals surface area contributed by atoms with Gasteiger partial charge in [-0.2, -0.15) is 0 Å². The number of nitrogens with zero attached hydrogens (tertiary/aromatic N) is 1. The van der Waals surface area contributed by atoms with Crippen LogP contribution >= 0.6 is 11.6 Å². The molecule has 0 amide bonds. The second-order valence-electron chi connectivity index (χ2n) is 5.76. The van der Waals surface area contributed by atoms with Gasteiger partial charge in [0.1, 0.15) is 0 Å². The third-order valence-corrected chi connectivity index (χ3v) is 4.00. The lowest BCUT2D eigenvalue weighted by Gasteiger charge is -2.24. The monoisotopic (exact) mass is 302 g/mol. The molecular formula is C18H23ClN2. The van der Waals surface area contributed by atoms with E-state index in [0.29, 0.717) is 0 Å². The first-order chi connectivity index (χ1) is 9.90. The minimum Gasteiger partial charge on any atom is -0.377 e. The SMILES string of the molecule is Cc1ccc(C(C)Nc2cccc(Cl)c2N(C)C)c(C)c1. The summed E-state index contributed by atoms with van der Waals surface area (Å²) in [6, 6.07) is 12.8. The zero-order chi connectivity index (χ0) is 15.6. The molecule has 0 aliphatic rings. The van der Waals surface area contributed by atoms with Crippen LogP contribution in [0.5, 0.6) is 0 Å². The average Bonchev–Trinajstić information content (AvgIpc) is 2.37. The Morgan fingerprint density at radius 2 is 1.81 bits per heavy atom. The topological polar surface area (TPSA) is 15.3 Å². The first-order valence-electron chi connectivity index (χ1n) is 7.19. The van der Waals surface area contributed by atoms with Crippen LogP contribution in [0, 0.1) is 13.8 Å². The van der Waals surface area contributed by atoms with Crippen LogP contribution in [0.1, 0.15) is 29.7 Å². The van der Waals surface area contributed by atoms with Crippen molar-refractivity contribution >= 4 is 23.0 Å². The smallest absolute Gasteiger partial charge is 0.0786 e. The van der Waals surface area contributed by atoms with Crippen LogP contribution in [-0.2, 0) is 0 Å². The minimum absolute atomic E-state index is 0.225. The van der Waals surface area contributed by atoms with Gasteiger partial charge >= 0.3 is 0 Å². The number of halogens is 1. The van der Waals surface area contributed by atoms with Gasteiger partial charge in [-0.15, -0.1) is 0 Å². The number of rotatable bonds is 4. The molecule has 3 heteroatoms. The third kappa shape index (κ3) is 3.51. The van der Waals surface area contributed by atoms with Crippen LogP contribution in [0.4, 0.5) is 11.4 Å². The zero-order valence-corrected chi connectivity index (χ0v) is 14.1. The largest absolute Gasteiger partial charge is 0.377 e. The van der Waals surface area contributed by atoms with Gasteiger partial charge in [0.05, 0.1) is 16.4 Å². The van der Waals surface area contributed by atoms with E-state index in [2.05, 4.69) is 50.4 Å². The minimum atomic E-state index is 0.225. The lowest BCUT2D eigenvalue weighted by molar-refractivity contribution is 0.871. The van der Waals surface area contributed by atoms with Gasteiger partial charge in [-0.25, -0.2) is 0 Å². The van der Waals surface area contributed by atoms with Crippen molar-refractivity contribution in [1.29, 1.82) is 0 Å². The predicted octanol–water partition coefficient (Wildman–Crippen LogP) is 5.20. The third-order valence-electron chi connectivity index (χ3n) is 3.70. The summed E-state index contributed by atoms with van der Waals surface area (Å²) in [5, 5.41) is 4.34. The number of para-hydroxylation sites is 1. The van der Waals surface area contributed by atoms with Crippen molar-refractivity contribution in [2.24, 2.45) is 0 Å². The summed E-state index contributed by atoms with van der Waals surface area (Å²) in [6.07, 6.45) is 0. The molecule has 1 atom stereocenters. The summed E-state index contributed by atoms with van der Waals surface area (Å²) in [5.74, 6) is 0. The first kappa shape index (κ1) is 15.7. The van der Waals surface area contributed by atoms with E-state index in [1.165, 1.54) is 16.7 Å². The lowest BCUT2D eigenvalue weighted by Crippen LogP contribution is -2.15. The zero-order valence-electron chi connectivity index (χ0n) is 13.4. The van der Waals surface area contributed by atoms with Crippen molar-refractivity contribution in [1.82, 2.24) is 0 Å². The van der Waals surface area contributed by atoms with Crippen molar-refractivity contribution in [3.63, 3.8) is 0 Å². The Balaban J connectivity index is 2.31. The molecule has 0 bridgehead atoms. The number of nitrogens with one attached hydrogen (secondary N) is 1. The summed E-state index contributed by atoms with van der Waals surface area (Å²) in [5.41, 5.74) is 5.99. The Kier molecular flexibility index (Phi) is 4.79. The van der Waals surface area contributed by atoms with Gasteiger partial charge < -0.3 is 10.2 Å². The number of benzene rings is 2. The van der Waals surface area contributed by atoms with Gasteiger partial charge in [0.2, 0.25) is 0 Å². The quantitative estimate of drug-likeness (QED) is 0.835. The second kappa shape index (κ2) is 6.40. The van der Waals surface area contributed by atoms with Crippen LogP contribution < -0.4 is 10.2 Å². The molecule has 2 nitrogen and oxygen atoms in total. The molecule has 1 N–H and O–H groups in total. The van der Waals surface area contributed by atoms with E-state index < -0.39 is 0 Å². The fraction of sp³-hybridized carbons (Fsp3) is 0.333. The highest BCUT2D eigenvalue weighted by atomic mass is 35.5. The summed E-state index contributed by atoms with van der Waals surface area (Å²) < 4.78 is 0. The Hall–Kier alpha value is -1.67. The second-order valence-corrected chi connectivity index (χ2v) is 6.16. The highest BCUT2D eigenvalue weighted by Crippen LogP contribution is 2.35. The van der Waals surface area contributed by atoms with Crippen molar-refractivity contribution < 1.29 is 0 Å². The molecule has 0 aromatic heterocycles. The normalized spacial score (nSPS) is 12.1. The molecule has 112 valence electrons. The van der Waals surface area contributed by atoms with Crippen LogP contribution in [0.25, 0.3) is 0 Å². The summed E-state index contributed by atoms with van der Waals surface area (Å²) in [4.78, 5) is 2.04. The number of hydrogen-bond acceptors (Lipinski definition) is 2. The predicted molar refractivity (Wildman–Crippen MR) is 93.7 cm³/mol. The molecule has 2 aromatic rings. The van der Waals surface area contributed by atoms with Crippen molar-refractivity contribution in [3.05, 3.63) is 58.1 Å². The first-order valence-corrected chi connectivity index (χ1v) is 7.57. The van der Waals surface area contributed by atoms with Gasteiger partial charge in [0.25, 0.3) is 0 Å². The van der Waals surface area contributed by atoms with Gasteiger partial charge in [0, 0.05) is 20.1 Å². The molecule has 0 radical (unpaired) electrons. The van der Waals surface area contributed by atoms with Crippen LogP contribution in [0.2, 0.25) is 5.02 Å². The molecule has 0 aliphatic carbocycles. The van der Waals surface area contributed by atoms with E-state index >= 15 is 0 Å². The molecular weight excluding hydrogens is 280 g/mol. The maximum atomic E-state index is 6.32. The van der Waals surface area contributed by atoms with E-state index in [-0.39, 0.29) is 6.04 Å². The molecule has 21 heavy (non-hydrogen) atoms. The highest BCUT2D eigenvalue weighted by molar-refractivity contribution is 6.34. The van der Waals surface area contributed by atoms with Gasteiger partial charge in [-0.05, 0) is 44.0 Å². The Bertz CT molecular complexity index is 635. The van der Waals surface area contributed by atoms with E-state index in [1.807, 2.05) is 31.1 Å². The van der Waals surface area contributed by atoms with Crippen molar-refractivity contribution in [2.75, 3.05) is 24.3 Å². The summed E-state index contributed by atoms with van der Waals surface area (Å²) in [6.45, 7) is 6.46. The molecule has 0 spiro atoms. The van der Waals surface area contributed by atoms with E-state index in [0.717, 1.165) is 16.4 Å². The van der Waals surface area contributed by atoms with Crippen molar-refractivity contribution in [2.45, 2.75) is 26.8 Å². The standard InChI is InChI=1S/C18H23ClN2/c1-12-9-10-15(13(2)11-12)14(3)20-17-8-6-7-16(19)18(17)21(4)5/h6-11,14,20H,1-5H3. The van der Waals surface area contributed by atoms with E-state index in [1.54, 1.807) is 0 Å². The van der Waals surface area contributed by atoms with Crippen LogP contribution in [0.15, 0.2) is 36.4 Å². The van der Waals surface area contributed by atoms with E-state index in [9.17, 15) is 0 Å². The summed E-state index contributed by atoms with van der Waals surface area (Å²) >= 11 is 6.32. The average molecular weight is 303 g/mol. The van der Waals surface area contributed by atoms with Crippen molar-refractivity contribution in [3.8, 4) is 0 Å². The Morgan fingerprint density at radius 1 is 1.10 bits per heavy atom. The molecule has 1 unspecified atom stereocenters. The fourth-order valence-electron chi connectivity index (χ4n) is 2.71. The van der Waals surface area contributed by atoms with Gasteiger partial charge in [0.15, 0.2) is 0 Å². The summed E-state index contributed by atoms with van der Waals surface area (Å²) in [7, 11) is 4.02. The molecule has 0 aliphatic heterocycles. The van der Waals surface area contributed by atoms with E-state index in [4.69, 9.17) is 11.6 Å². The molecule has 2 aromatic carbocycles. The Morgan fingerprint density at radius 3 is 2.43 bits per heavy atom. The lowest BCUT2D eigenvalue weighted by atomic mass is 10.00. The molecule has 0 saturated heterocycles. The Labute approximate surface area is 132 Å². The maximum absolute atomic E-state index is 6.32. The maximum Gasteiger partial charge on any atom is 0.0786 e. The molecule has 0 saturated carbocycles. The molecule has 0 fully saturated rings. The molecule has 0 heterocycles.